The van der Waals surface area contributed by atoms with E-state index in [9.17, 15) is 14.7 Å². The van der Waals surface area contributed by atoms with Crippen molar-refractivity contribution in [2.75, 3.05) is 12.4 Å². The molecule has 24 heavy (non-hydrogen) atoms. The van der Waals surface area contributed by atoms with E-state index >= 15 is 0 Å². The fourth-order valence-corrected chi connectivity index (χ4v) is 2.69. The Bertz CT molecular complexity index is 676. The van der Waals surface area contributed by atoms with Crippen LogP contribution in [0.5, 0.6) is 0 Å². The number of hydrogen-bond acceptors (Lipinski definition) is 4. The minimum Gasteiger partial charge on any atom is -0.444 e. The summed E-state index contributed by atoms with van der Waals surface area (Å²) in [5.74, 6) is -0.191. The van der Waals surface area contributed by atoms with Crippen LogP contribution in [-0.4, -0.2) is 34.7 Å². The van der Waals surface area contributed by atoms with Gasteiger partial charge >= 0.3 is 6.09 Å². The quantitative estimate of drug-likeness (QED) is 0.830. The third-order valence-electron chi connectivity index (χ3n) is 3.69. The Labute approximate surface area is 142 Å². The number of carbonyl (C=O) groups is 2. The van der Waals surface area contributed by atoms with Gasteiger partial charge in [-0.15, -0.1) is 6.58 Å². The van der Waals surface area contributed by atoms with E-state index < -0.39 is 17.8 Å². The van der Waals surface area contributed by atoms with Crippen molar-refractivity contribution in [2.24, 2.45) is 0 Å². The van der Waals surface area contributed by atoms with Crippen LogP contribution >= 0.6 is 0 Å². The summed E-state index contributed by atoms with van der Waals surface area (Å²) in [6.07, 6.45) is 0.672. The Hall–Kier alpha value is -2.34. The minimum atomic E-state index is -0.730. The average Bonchev–Trinajstić information content (AvgIpc) is 2.73. The number of aliphatic hydroxyl groups excluding tert-OH is 1. The van der Waals surface area contributed by atoms with Gasteiger partial charge in [0.15, 0.2) is 0 Å². The third-order valence-corrected chi connectivity index (χ3v) is 3.69. The molecule has 0 radical (unpaired) electrons. The second-order valence-corrected chi connectivity index (χ2v) is 6.88. The summed E-state index contributed by atoms with van der Waals surface area (Å²) >= 11 is 0. The zero-order valence-electron chi connectivity index (χ0n) is 14.5. The van der Waals surface area contributed by atoms with Gasteiger partial charge in [-0.1, -0.05) is 12.1 Å². The lowest BCUT2D eigenvalue weighted by Gasteiger charge is -2.21. The van der Waals surface area contributed by atoms with Gasteiger partial charge in [0.25, 0.3) is 5.91 Å². The van der Waals surface area contributed by atoms with E-state index in [2.05, 4.69) is 11.9 Å². The molecule has 1 atom stereocenters. The van der Waals surface area contributed by atoms with Crippen molar-refractivity contribution >= 4 is 17.7 Å². The highest BCUT2D eigenvalue weighted by atomic mass is 16.6. The Balaban J connectivity index is 2.38. The van der Waals surface area contributed by atoms with Crippen molar-refractivity contribution in [3.63, 3.8) is 0 Å². The summed E-state index contributed by atoms with van der Waals surface area (Å²) in [4.78, 5) is 26.0. The normalized spacial score (nSPS) is 15.0. The maximum atomic E-state index is 12.4. The minimum absolute atomic E-state index is 0.191. The largest absolute Gasteiger partial charge is 0.444 e. The summed E-state index contributed by atoms with van der Waals surface area (Å²) in [6, 6.07) is 3.35. The molecule has 1 aliphatic rings. The Morgan fingerprint density at radius 2 is 2.17 bits per heavy atom. The molecule has 2 rings (SSSR count). The summed E-state index contributed by atoms with van der Waals surface area (Å²) in [5.41, 5.74) is 1.57. The van der Waals surface area contributed by atoms with E-state index in [0.717, 1.165) is 5.56 Å². The first kappa shape index (κ1) is 18.0. The summed E-state index contributed by atoms with van der Waals surface area (Å²) in [7, 11) is 1.68. The monoisotopic (exact) mass is 332 g/mol. The molecule has 0 fully saturated rings. The molecule has 1 aliphatic heterocycles. The fourth-order valence-electron chi connectivity index (χ4n) is 2.69. The van der Waals surface area contributed by atoms with Crippen LogP contribution < -0.4 is 5.32 Å². The summed E-state index contributed by atoms with van der Waals surface area (Å²) in [6.45, 7) is 9.33. The molecular formula is C18H24N2O4. The van der Waals surface area contributed by atoms with E-state index in [1.807, 2.05) is 0 Å². The molecule has 130 valence electrons. The van der Waals surface area contributed by atoms with E-state index in [1.165, 1.54) is 0 Å². The number of aliphatic hydroxyl groups is 1. The van der Waals surface area contributed by atoms with Gasteiger partial charge < -0.3 is 14.7 Å². The number of rotatable bonds is 4. The molecule has 0 aliphatic carbocycles. The van der Waals surface area contributed by atoms with Crippen LogP contribution in [0.15, 0.2) is 24.8 Å². The second-order valence-electron chi connectivity index (χ2n) is 6.88. The van der Waals surface area contributed by atoms with Crippen LogP contribution in [0.4, 0.5) is 10.5 Å². The van der Waals surface area contributed by atoms with Gasteiger partial charge in [0.2, 0.25) is 0 Å². The number of benzene rings is 1. The van der Waals surface area contributed by atoms with Crippen molar-refractivity contribution in [1.82, 2.24) is 4.90 Å². The molecule has 2 amide bonds. The van der Waals surface area contributed by atoms with Crippen LogP contribution in [0.2, 0.25) is 0 Å². The molecule has 1 aromatic rings. The first-order valence-corrected chi connectivity index (χ1v) is 7.84. The first-order valence-electron chi connectivity index (χ1n) is 7.84. The van der Waals surface area contributed by atoms with Crippen molar-refractivity contribution in [2.45, 2.75) is 45.4 Å². The number of carbonyl (C=O) groups excluding carboxylic acids is 2. The lowest BCUT2D eigenvalue weighted by Crippen LogP contribution is -2.28. The number of amides is 2. The van der Waals surface area contributed by atoms with Crippen molar-refractivity contribution in [1.29, 1.82) is 0 Å². The molecule has 6 heteroatoms. The van der Waals surface area contributed by atoms with Crippen molar-refractivity contribution in [3.8, 4) is 0 Å². The third kappa shape index (κ3) is 3.76. The predicted octanol–water partition coefficient (Wildman–Crippen LogP) is 3.23. The van der Waals surface area contributed by atoms with Crippen LogP contribution in [0.1, 0.15) is 54.8 Å². The first-order chi connectivity index (χ1) is 11.1. The average molecular weight is 332 g/mol. The molecule has 1 aromatic carbocycles. The van der Waals surface area contributed by atoms with Crippen molar-refractivity contribution < 1.29 is 19.4 Å². The van der Waals surface area contributed by atoms with Gasteiger partial charge in [-0.25, -0.2) is 4.79 Å². The van der Waals surface area contributed by atoms with Gasteiger partial charge in [0.05, 0.1) is 17.4 Å². The molecule has 0 saturated carbocycles. The predicted molar refractivity (Wildman–Crippen MR) is 91.9 cm³/mol. The van der Waals surface area contributed by atoms with E-state index in [0.29, 0.717) is 29.8 Å². The van der Waals surface area contributed by atoms with Gasteiger partial charge in [0.1, 0.15) is 5.60 Å². The fraction of sp³-hybridized carbons (Fsp3) is 0.444. The number of nitrogens with zero attached hydrogens (tertiary/aromatic N) is 1. The Morgan fingerprint density at radius 3 is 2.75 bits per heavy atom. The Kier molecular flexibility index (Phi) is 4.99. The van der Waals surface area contributed by atoms with Crippen LogP contribution in [-0.2, 0) is 11.3 Å². The highest BCUT2D eigenvalue weighted by Crippen LogP contribution is 2.35. The summed E-state index contributed by atoms with van der Waals surface area (Å²) < 4.78 is 5.24. The zero-order chi connectivity index (χ0) is 18.1. The molecule has 0 saturated heterocycles. The van der Waals surface area contributed by atoms with Crippen LogP contribution in [0.25, 0.3) is 0 Å². The standard InChI is InChI=1S/C18H24N2O4/c1-6-7-14(21)11-8-9-13(19-17(23)24-18(2,3)4)15-12(11)10-20(5)16(15)22/h6,8-9,14,21H,1,7,10H2,2-5H3,(H,19,23). The molecular weight excluding hydrogens is 308 g/mol. The van der Waals surface area contributed by atoms with Gasteiger partial charge in [-0.05, 0) is 44.4 Å². The Morgan fingerprint density at radius 1 is 1.50 bits per heavy atom. The SMILES string of the molecule is C=CCC(O)c1ccc(NC(=O)OC(C)(C)C)c2c1CN(C)C2=O. The lowest BCUT2D eigenvalue weighted by atomic mass is 9.96. The van der Waals surface area contributed by atoms with E-state index in [-0.39, 0.29) is 5.91 Å². The molecule has 1 unspecified atom stereocenters. The molecule has 0 aromatic heterocycles. The van der Waals surface area contributed by atoms with E-state index in [4.69, 9.17) is 4.74 Å². The number of anilines is 1. The van der Waals surface area contributed by atoms with Gasteiger partial charge in [-0.2, -0.15) is 0 Å². The molecule has 6 nitrogen and oxygen atoms in total. The highest BCUT2D eigenvalue weighted by molar-refractivity contribution is 6.06. The van der Waals surface area contributed by atoms with Crippen molar-refractivity contribution in [3.05, 3.63) is 41.5 Å². The number of fused-ring (bicyclic) bond motifs is 1. The highest BCUT2D eigenvalue weighted by Gasteiger charge is 2.32. The molecule has 0 bridgehead atoms. The number of hydrogen-bond donors (Lipinski definition) is 2. The smallest absolute Gasteiger partial charge is 0.412 e. The van der Waals surface area contributed by atoms with E-state index in [1.54, 1.807) is 50.9 Å². The lowest BCUT2D eigenvalue weighted by molar-refractivity contribution is 0.0636. The number of ether oxygens (including phenoxy) is 1. The topological polar surface area (TPSA) is 78.9 Å². The van der Waals surface area contributed by atoms with Gasteiger partial charge in [0, 0.05) is 13.6 Å². The van der Waals surface area contributed by atoms with Crippen LogP contribution in [0, 0.1) is 0 Å². The molecule has 0 spiro atoms. The molecule has 1 heterocycles. The molecule has 2 N–H and O–H groups in total. The maximum absolute atomic E-state index is 12.4. The zero-order valence-corrected chi connectivity index (χ0v) is 14.5. The maximum Gasteiger partial charge on any atom is 0.412 e. The van der Waals surface area contributed by atoms with Crippen LogP contribution in [0.3, 0.4) is 0 Å². The summed E-state index contributed by atoms with van der Waals surface area (Å²) in [5, 5.41) is 12.9. The second kappa shape index (κ2) is 6.65. The van der Waals surface area contributed by atoms with Gasteiger partial charge in [-0.3, -0.25) is 10.1 Å². The number of nitrogens with one attached hydrogen (secondary N) is 1.